The van der Waals surface area contributed by atoms with E-state index in [-0.39, 0.29) is 30.7 Å². The second-order valence-corrected chi connectivity index (χ2v) is 10.1. The van der Waals surface area contributed by atoms with E-state index in [9.17, 15) is 9.59 Å². The van der Waals surface area contributed by atoms with Crippen molar-refractivity contribution >= 4 is 34.2 Å². The maximum absolute atomic E-state index is 12.5. The van der Waals surface area contributed by atoms with Crippen LogP contribution >= 0.6 is 0 Å². The number of rotatable bonds is 6. The van der Waals surface area contributed by atoms with Gasteiger partial charge in [-0.2, -0.15) is 0 Å². The number of carbonyl (C=O) groups is 2. The molecule has 6 nitrogen and oxygen atoms in total. The maximum Gasteiger partial charge on any atom is 0.224 e. The number of carbonyl (C=O) groups excluding carboxylic acids is 2. The summed E-state index contributed by atoms with van der Waals surface area (Å²) in [7, 11) is 0. The first-order valence-corrected chi connectivity index (χ1v) is 12.7. The van der Waals surface area contributed by atoms with Crippen molar-refractivity contribution in [1.29, 1.82) is 0 Å². The van der Waals surface area contributed by atoms with Crippen molar-refractivity contribution in [3.63, 3.8) is 0 Å². The summed E-state index contributed by atoms with van der Waals surface area (Å²) in [5, 5.41) is 7.16. The van der Waals surface area contributed by atoms with Crippen molar-refractivity contribution in [2.45, 2.75) is 78.2 Å². The molecule has 4 rings (SSSR count). The van der Waals surface area contributed by atoms with Crippen LogP contribution in [0.25, 0.3) is 10.9 Å². The molecule has 2 aromatic rings. The zero-order chi connectivity index (χ0) is 23.4. The fourth-order valence-electron chi connectivity index (χ4n) is 5.25. The van der Waals surface area contributed by atoms with E-state index < -0.39 is 0 Å². The lowest BCUT2D eigenvalue weighted by Gasteiger charge is -2.34. The van der Waals surface area contributed by atoms with Crippen LogP contribution in [0.3, 0.4) is 0 Å². The molecular weight excluding hydrogens is 412 g/mol. The molecule has 2 N–H and O–H groups in total. The summed E-state index contributed by atoms with van der Waals surface area (Å²) >= 11 is 0. The van der Waals surface area contributed by atoms with Crippen LogP contribution in [-0.2, 0) is 9.59 Å². The SMILES string of the molecule is Cc1cc(N2CCCCC2)nc2ccc(NC(=O)CCC(=O)N[C@@H]3CCC[C@H](C)[C@H]3C)cc12. The Morgan fingerprint density at radius 2 is 1.76 bits per heavy atom. The molecule has 2 amide bonds. The number of benzene rings is 1. The molecule has 3 atom stereocenters. The van der Waals surface area contributed by atoms with E-state index in [1.165, 1.54) is 25.7 Å². The number of hydrogen-bond acceptors (Lipinski definition) is 4. The highest BCUT2D eigenvalue weighted by atomic mass is 16.2. The Morgan fingerprint density at radius 3 is 2.55 bits per heavy atom. The number of anilines is 2. The van der Waals surface area contributed by atoms with Gasteiger partial charge < -0.3 is 15.5 Å². The van der Waals surface area contributed by atoms with Gasteiger partial charge in [0.05, 0.1) is 5.52 Å². The minimum absolute atomic E-state index is 0.0279. The molecule has 1 saturated heterocycles. The smallest absolute Gasteiger partial charge is 0.224 e. The van der Waals surface area contributed by atoms with Gasteiger partial charge in [0, 0.05) is 43.0 Å². The van der Waals surface area contributed by atoms with Crippen molar-refractivity contribution < 1.29 is 9.59 Å². The largest absolute Gasteiger partial charge is 0.357 e. The lowest BCUT2D eigenvalue weighted by molar-refractivity contribution is -0.125. The molecule has 33 heavy (non-hydrogen) atoms. The summed E-state index contributed by atoms with van der Waals surface area (Å²) in [5.41, 5.74) is 2.86. The van der Waals surface area contributed by atoms with Gasteiger partial charge in [-0.15, -0.1) is 0 Å². The highest BCUT2D eigenvalue weighted by Crippen LogP contribution is 2.30. The number of nitrogens with zero attached hydrogens (tertiary/aromatic N) is 2. The van der Waals surface area contributed by atoms with Gasteiger partial charge in [0.1, 0.15) is 5.82 Å². The Hall–Kier alpha value is -2.63. The van der Waals surface area contributed by atoms with E-state index in [1.807, 2.05) is 18.2 Å². The number of amides is 2. The highest BCUT2D eigenvalue weighted by molar-refractivity contribution is 5.96. The van der Waals surface area contributed by atoms with Crippen LogP contribution < -0.4 is 15.5 Å². The molecule has 0 unspecified atom stereocenters. The summed E-state index contributed by atoms with van der Waals surface area (Å²) in [6.07, 6.45) is 7.58. The molecule has 1 saturated carbocycles. The second-order valence-electron chi connectivity index (χ2n) is 10.1. The number of aryl methyl sites for hydroxylation is 1. The van der Waals surface area contributed by atoms with E-state index in [2.05, 4.69) is 42.4 Å². The molecule has 2 aliphatic rings. The number of hydrogen-bond donors (Lipinski definition) is 2. The van der Waals surface area contributed by atoms with E-state index in [0.717, 1.165) is 53.9 Å². The molecule has 1 aromatic carbocycles. The van der Waals surface area contributed by atoms with Crippen LogP contribution in [0.5, 0.6) is 0 Å². The third-order valence-electron chi connectivity index (χ3n) is 7.60. The van der Waals surface area contributed by atoms with Gasteiger partial charge in [0.15, 0.2) is 0 Å². The van der Waals surface area contributed by atoms with Crippen LogP contribution in [0.2, 0.25) is 0 Å². The third-order valence-corrected chi connectivity index (χ3v) is 7.60. The van der Waals surface area contributed by atoms with Crippen molar-refractivity contribution in [3.05, 3.63) is 29.8 Å². The molecule has 6 heteroatoms. The van der Waals surface area contributed by atoms with E-state index in [4.69, 9.17) is 4.98 Å². The summed E-state index contributed by atoms with van der Waals surface area (Å²) in [6, 6.07) is 8.24. The monoisotopic (exact) mass is 450 g/mol. The zero-order valence-corrected chi connectivity index (χ0v) is 20.3. The number of pyridine rings is 1. The predicted molar refractivity (Wildman–Crippen MR) is 135 cm³/mol. The van der Waals surface area contributed by atoms with Crippen LogP contribution in [0.15, 0.2) is 24.3 Å². The third kappa shape index (κ3) is 5.84. The molecule has 0 bridgehead atoms. The molecule has 0 radical (unpaired) electrons. The Balaban J connectivity index is 1.33. The highest BCUT2D eigenvalue weighted by Gasteiger charge is 2.28. The van der Waals surface area contributed by atoms with Crippen LogP contribution in [-0.4, -0.2) is 35.9 Å². The van der Waals surface area contributed by atoms with E-state index in [0.29, 0.717) is 11.8 Å². The average molecular weight is 451 g/mol. The molecular formula is C27H38N4O2. The molecule has 2 heterocycles. The summed E-state index contributed by atoms with van der Waals surface area (Å²) in [4.78, 5) is 32.1. The Morgan fingerprint density at radius 1 is 1.00 bits per heavy atom. The first-order valence-electron chi connectivity index (χ1n) is 12.7. The average Bonchev–Trinajstić information content (AvgIpc) is 2.81. The Kier molecular flexibility index (Phi) is 7.51. The molecule has 1 aliphatic heterocycles. The first kappa shape index (κ1) is 23.5. The fourth-order valence-corrected chi connectivity index (χ4v) is 5.25. The molecule has 178 valence electrons. The topological polar surface area (TPSA) is 74.3 Å². The summed E-state index contributed by atoms with van der Waals surface area (Å²) in [6.45, 7) is 8.70. The van der Waals surface area contributed by atoms with Crippen LogP contribution in [0, 0.1) is 18.8 Å². The van der Waals surface area contributed by atoms with Crippen molar-refractivity contribution in [2.75, 3.05) is 23.3 Å². The van der Waals surface area contributed by atoms with Gasteiger partial charge in [0.2, 0.25) is 11.8 Å². The zero-order valence-electron chi connectivity index (χ0n) is 20.3. The van der Waals surface area contributed by atoms with Gasteiger partial charge >= 0.3 is 0 Å². The number of aromatic nitrogens is 1. The Bertz CT molecular complexity index is 999. The van der Waals surface area contributed by atoms with Crippen molar-refractivity contribution in [2.24, 2.45) is 11.8 Å². The quantitative estimate of drug-likeness (QED) is 0.635. The molecule has 1 aliphatic carbocycles. The maximum atomic E-state index is 12.5. The number of piperidine rings is 1. The van der Waals surface area contributed by atoms with Gasteiger partial charge in [-0.25, -0.2) is 4.98 Å². The predicted octanol–water partition coefficient (Wildman–Crippen LogP) is 5.19. The molecule has 0 spiro atoms. The molecule has 1 aromatic heterocycles. The van der Waals surface area contributed by atoms with Crippen molar-refractivity contribution in [3.8, 4) is 0 Å². The van der Waals surface area contributed by atoms with Gasteiger partial charge in [-0.05, 0) is 74.3 Å². The summed E-state index contributed by atoms with van der Waals surface area (Å²) < 4.78 is 0. The lowest BCUT2D eigenvalue weighted by Crippen LogP contribution is -2.43. The standard InChI is InChI=1S/C27H38N4O2/c1-18-8-7-9-23(20(18)3)30-27(33)13-12-26(32)28-21-10-11-24-22(17-21)19(2)16-25(29-24)31-14-5-4-6-15-31/h10-11,16-18,20,23H,4-9,12-15H2,1-3H3,(H,28,32)(H,30,33)/t18-,20+,23+/m0/s1. The van der Waals surface area contributed by atoms with E-state index >= 15 is 0 Å². The minimum Gasteiger partial charge on any atom is -0.357 e. The van der Waals surface area contributed by atoms with Gasteiger partial charge in [0.25, 0.3) is 0 Å². The number of fused-ring (bicyclic) bond motifs is 1. The normalized spacial score (nSPS) is 23.4. The lowest BCUT2D eigenvalue weighted by atomic mass is 9.78. The summed E-state index contributed by atoms with van der Waals surface area (Å²) in [5.74, 6) is 2.00. The molecule has 2 fully saturated rings. The van der Waals surface area contributed by atoms with Crippen molar-refractivity contribution in [1.82, 2.24) is 10.3 Å². The van der Waals surface area contributed by atoms with E-state index in [1.54, 1.807) is 0 Å². The second kappa shape index (κ2) is 10.5. The first-order chi connectivity index (χ1) is 15.9. The van der Waals surface area contributed by atoms with Crippen LogP contribution in [0.1, 0.15) is 70.8 Å². The Labute approximate surface area is 197 Å². The fraction of sp³-hybridized carbons (Fsp3) is 0.593. The minimum atomic E-state index is -0.134. The van der Waals surface area contributed by atoms with Gasteiger partial charge in [-0.1, -0.05) is 26.7 Å². The number of nitrogens with one attached hydrogen (secondary N) is 2. The van der Waals surface area contributed by atoms with Gasteiger partial charge in [-0.3, -0.25) is 9.59 Å². The van der Waals surface area contributed by atoms with Crippen LogP contribution in [0.4, 0.5) is 11.5 Å².